The molecule has 0 saturated carbocycles. The monoisotopic (exact) mass is 386 g/mol. The fraction of sp³-hybridized carbons (Fsp3) is 0.320. The average Bonchev–Trinajstić information content (AvgIpc) is 3.30. The molecule has 3 aromatic rings. The van der Waals surface area contributed by atoms with Gasteiger partial charge in [0.1, 0.15) is 0 Å². The van der Waals surface area contributed by atoms with Gasteiger partial charge in [0.25, 0.3) is 0 Å². The lowest BCUT2D eigenvalue weighted by atomic mass is 9.74. The minimum Gasteiger partial charge on any atom is -0.294 e. The van der Waals surface area contributed by atoms with Gasteiger partial charge in [-0.15, -0.1) is 11.3 Å². The molecule has 3 fully saturated rings. The molecule has 3 saturated heterocycles. The van der Waals surface area contributed by atoms with E-state index in [1.54, 1.807) is 0 Å². The summed E-state index contributed by atoms with van der Waals surface area (Å²) in [6, 6.07) is 26.6. The van der Waals surface area contributed by atoms with E-state index in [1.165, 1.54) is 47.6 Å². The second-order valence-electron chi connectivity index (χ2n) is 7.89. The number of fused-ring (bicyclic) bond motifs is 3. The van der Waals surface area contributed by atoms with Crippen LogP contribution in [0.25, 0.3) is 0 Å². The van der Waals surface area contributed by atoms with E-state index in [1.807, 2.05) is 11.3 Å². The number of rotatable bonds is 5. The standard InChI is InChI=1S/C25H26N2S/c1-3-8-19(9-4-1)18-26-24-21-13-15-27(16-14-21)25(24)23(22-12-7-17-28-22)20-10-5-2-6-11-20/h1-12,17,21,23,25H,13-16,18H2. The molecule has 6 rings (SSSR count). The van der Waals surface area contributed by atoms with Gasteiger partial charge in [-0.05, 0) is 48.5 Å². The van der Waals surface area contributed by atoms with E-state index in [0.29, 0.717) is 17.9 Å². The summed E-state index contributed by atoms with van der Waals surface area (Å²) in [6.07, 6.45) is 2.52. The minimum atomic E-state index is 0.374. The second-order valence-corrected chi connectivity index (χ2v) is 8.86. The Bertz CT molecular complexity index is 910. The van der Waals surface area contributed by atoms with E-state index < -0.39 is 0 Å². The van der Waals surface area contributed by atoms with Crippen molar-refractivity contribution in [1.82, 2.24) is 4.90 Å². The number of hydrogen-bond acceptors (Lipinski definition) is 3. The summed E-state index contributed by atoms with van der Waals surface area (Å²) < 4.78 is 0. The van der Waals surface area contributed by atoms with Crippen LogP contribution in [0, 0.1) is 5.92 Å². The summed E-state index contributed by atoms with van der Waals surface area (Å²) in [5.41, 5.74) is 4.15. The molecule has 142 valence electrons. The molecule has 1 aromatic heterocycles. The van der Waals surface area contributed by atoms with Crippen LogP contribution in [-0.2, 0) is 6.54 Å². The largest absolute Gasteiger partial charge is 0.294 e. The van der Waals surface area contributed by atoms with Gasteiger partial charge in [0.15, 0.2) is 0 Å². The summed E-state index contributed by atoms with van der Waals surface area (Å²) in [6.45, 7) is 3.20. The van der Waals surface area contributed by atoms with Crippen LogP contribution in [-0.4, -0.2) is 29.7 Å². The highest BCUT2D eigenvalue weighted by Gasteiger charge is 2.44. The van der Waals surface area contributed by atoms with E-state index in [2.05, 4.69) is 83.1 Å². The lowest BCUT2D eigenvalue weighted by molar-refractivity contribution is 0.136. The number of aliphatic imine (C=N–C) groups is 1. The van der Waals surface area contributed by atoms with Gasteiger partial charge in [0.05, 0.1) is 12.6 Å². The third-order valence-corrected chi connectivity index (χ3v) is 7.21. The minimum absolute atomic E-state index is 0.374. The topological polar surface area (TPSA) is 15.6 Å². The molecular formula is C25H26N2S. The Balaban J connectivity index is 1.55. The molecular weight excluding hydrogens is 360 g/mol. The van der Waals surface area contributed by atoms with E-state index in [9.17, 15) is 0 Å². The Labute approximate surface area is 171 Å². The Morgan fingerprint density at radius 1 is 0.893 bits per heavy atom. The van der Waals surface area contributed by atoms with Crippen molar-refractivity contribution in [2.45, 2.75) is 31.3 Å². The maximum atomic E-state index is 5.25. The fourth-order valence-corrected chi connectivity index (χ4v) is 5.79. The zero-order valence-corrected chi connectivity index (χ0v) is 16.9. The van der Waals surface area contributed by atoms with Crippen LogP contribution >= 0.6 is 11.3 Å². The number of piperidine rings is 3. The fourth-order valence-electron chi connectivity index (χ4n) is 4.90. The Kier molecular flexibility index (Phi) is 5.11. The van der Waals surface area contributed by atoms with Crippen molar-refractivity contribution < 1.29 is 0 Å². The Morgan fingerprint density at radius 2 is 1.61 bits per heavy atom. The number of hydrogen-bond donors (Lipinski definition) is 0. The van der Waals surface area contributed by atoms with Gasteiger partial charge in [-0.2, -0.15) is 0 Å². The van der Waals surface area contributed by atoms with E-state index in [-0.39, 0.29) is 0 Å². The number of benzene rings is 2. The average molecular weight is 387 g/mol. The molecule has 0 radical (unpaired) electrons. The molecule has 2 bridgehead atoms. The Morgan fingerprint density at radius 3 is 2.29 bits per heavy atom. The third kappa shape index (κ3) is 3.45. The van der Waals surface area contributed by atoms with Crippen LogP contribution in [0.1, 0.15) is 34.8 Å². The van der Waals surface area contributed by atoms with Gasteiger partial charge in [-0.25, -0.2) is 0 Å². The summed E-state index contributed by atoms with van der Waals surface area (Å²) in [5.74, 6) is 1.02. The molecule has 2 atom stereocenters. The molecule has 0 N–H and O–H groups in total. The second kappa shape index (κ2) is 8.02. The first-order valence-electron chi connectivity index (χ1n) is 10.3. The highest BCUT2D eigenvalue weighted by Crippen LogP contribution is 2.41. The molecule has 3 aliphatic heterocycles. The molecule has 2 aromatic carbocycles. The number of thiophene rings is 1. The van der Waals surface area contributed by atoms with E-state index >= 15 is 0 Å². The zero-order chi connectivity index (χ0) is 18.8. The van der Waals surface area contributed by atoms with Crippen molar-refractivity contribution >= 4 is 17.0 Å². The highest BCUT2D eigenvalue weighted by molar-refractivity contribution is 7.10. The van der Waals surface area contributed by atoms with Gasteiger partial charge >= 0.3 is 0 Å². The summed E-state index contributed by atoms with van der Waals surface area (Å²) in [4.78, 5) is 9.40. The maximum Gasteiger partial charge on any atom is 0.0639 e. The predicted molar refractivity (Wildman–Crippen MR) is 118 cm³/mol. The molecule has 3 heteroatoms. The first-order chi connectivity index (χ1) is 13.9. The van der Waals surface area contributed by atoms with Crippen molar-refractivity contribution in [3.8, 4) is 0 Å². The van der Waals surface area contributed by atoms with Crippen LogP contribution in [0.4, 0.5) is 0 Å². The highest BCUT2D eigenvalue weighted by atomic mass is 32.1. The molecule has 28 heavy (non-hydrogen) atoms. The lowest BCUT2D eigenvalue weighted by Gasteiger charge is -2.49. The third-order valence-electron chi connectivity index (χ3n) is 6.26. The summed E-state index contributed by atoms with van der Waals surface area (Å²) >= 11 is 1.88. The molecule has 3 aliphatic rings. The molecule has 0 amide bonds. The van der Waals surface area contributed by atoms with Crippen LogP contribution < -0.4 is 0 Å². The van der Waals surface area contributed by atoms with Crippen LogP contribution in [0.2, 0.25) is 0 Å². The van der Waals surface area contributed by atoms with E-state index in [4.69, 9.17) is 4.99 Å². The van der Waals surface area contributed by atoms with Crippen molar-refractivity contribution in [1.29, 1.82) is 0 Å². The van der Waals surface area contributed by atoms with Gasteiger partial charge in [-0.1, -0.05) is 66.7 Å². The molecule has 2 nitrogen and oxygen atoms in total. The van der Waals surface area contributed by atoms with Crippen LogP contribution in [0.15, 0.2) is 83.2 Å². The molecule has 0 spiro atoms. The smallest absolute Gasteiger partial charge is 0.0639 e. The summed E-state index contributed by atoms with van der Waals surface area (Å²) in [5, 5.41) is 2.21. The maximum absolute atomic E-state index is 5.25. The van der Waals surface area contributed by atoms with Crippen LogP contribution in [0.5, 0.6) is 0 Å². The first kappa shape index (κ1) is 17.8. The van der Waals surface area contributed by atoms with E-state index in [0.717, 1.165) is 6.54 Å². The molecule has 4 heterocycles. The van der Waals surface area contributed by atoms with Gasteiger partial charge in [0, 0.05) is 22.4 Å². The van der Waals surface area contributed by atoms with Crippen LogP contribution in [0.3, 0.4) is 0 Å². The van der Waals surface area contributed by atoms with Gasteiger partial charge < -0.3 is 0 Å². The lowest BCUT2D eigenvalue weighted by Crippen LogP contribution is -2.57. The van der Waals surface area contributed by atoms with Crippen molar-refractivity contribution in [3.05, 3.63) is 94.2 Å². The van der Waals surface area contributed by atoms with Crippen molar-refractivity contribution in [3.63, 3.8) is 0 Å². The number of nitrogens with zero attached hydrogens (tertiary/aromatic N) is 2. The van der Waals surface area contributed by atoms with Crippen molar-refractivity contribution in [2.24, 2.45) is 10.9 Å². The Hall–Kier alpha value is -2.23. The summed E-state index contributed by atoms with van der Waals surface area (Å²) in [7, 11) is 0. The first-order valence-corrected chi connectivity index (χ1v) is 11.2. The predicted octanol–water partition coefficient (Wildman–Crippen LogP) is 5.62. The van der Waals surface area contributed by atoms with Gasteiger partial charge in [-0.3, -0.25) is 9.89 Å². The SMILES string of the molecule is c1ccc(CN=C2C3CCN(CC3)C2C(c2ccccc2)c2cccs2)cc1. The van der Waals surface area contributed by atoms with Crippen molar-refractivity contribution in [2.75, 3.05) is 13.1 Å². The molecule has 2 unspecified atom stereocenters. The zero-order valence-electron chi connectivity index (χ0n) is 16.1. The molecule has 0 aliphatic carbocycles. The van der Waals surface area contributed by atoms with Gasteiger partial charge in [0.2, 0.25) is 0 Å². The quantitative estimate of drug-likeness (QED) is 0.556. The normalized spacial score (nSPS) is 26.4.